The van der Waals surface area contributed by atoms with E-state index in [1.54, 1.807) is 12.3 Å². The van der Waals surface area contributed by atoms with Gasteiger partial charge in [-0.2, -0.15) is 5.10 Å². The highest BCUT2D eigenvalue weighted by molar-refractivity contribution is 7.14. The van der Waals surface area contributed by atoms with E-state index in [4.69, 9.17) is 0 Å². The Balaban J connectivity index is 1.91. The average molecular weight is 343 g/mol. The second kappa shape index (κ2) is 5.93. The smallest absolute Gasteiger partial charge is 0.278 e. The summed E-state index contributed by atoms with van der Waals surface area (Å²) in [6.07, 6.45) is 1.47. The zero-order valence-corrected chi connectivity index (χ0v) is 14.0. The molecule has 0 fully saturated rings. The van der Waals surface area contributed by atoms with Gasteiger partial charge in [0.2, 0.25) is 0 Å². The molecule has 0 aliphatic rings. The first kappa shape index (κ1) is 15.9. The van der Waals surface area contributed by atoms with Gasteiger partial charge in [0.05, 0.1) is 11.3 Å². The van der Waals surface area contributed by atoms with Crippen LogP contribution in [0.15, 0.2) is 17.6 Å². The molecule has 0 saturated heterocycles. The van der Waals surface area contributed by atoms with Crippen LogP contribution in [0.3, 0.4) is 0 Å². The van der Waals surface area contributed by atoms with Crippen molar-refractivity contribution in [1.82, 2.24) is 19.6 Å². The third-order valence-electron chi connectivity index (χ3n) is 3.42. The summed E-state index contributed by atoms with van der Waals surface area (Å²) in [4.78, 5) is 43.3. The number of nitrogens with one attached hydrogen (secondary N) is 1. The van der Waals surface area contributed by atoms with Crippen molar-refractivity contribution in [2.24, 2.45) is 0 Å². The van der Waals surface area contributed by atoms with E-state index in [1.807, 2.05) is 0 Å². The number of rotatable bonds is 4. The summed E-state index contributed by atoms with van der Waals surface area (Å²) in [6, 6.07) is 1.52. The summed E-state index contributed by atoms with van der Waals surface area (Å²) in [5.74, 6) is -0.757. The molecule has 0 atom stereocenters. The summed E-state index contributed by atoms with van der Waals surface area (Å²) < 4.78 is 1.45. The Hall–Kier alpha value is -2.94. The molecule has 122 valence electrons. The van der Waals surface area contributed by atoms with Crippen LogP contribution < -0.4 is 5.32 Å². The number of ketones is 2. The van der Waals surface area contributed by atoms with Crippen LogP contribution in [0.5, 0.6) is 0 Å². The lowest BCUT2D eigenvalue weighted by Gasteiger charge is -2.03. The van der Waals surface area contributed by atoms with E-state index < -0.39 is 5.91 Å². The Morgan fingerprint density at radius 2 is 1.92 bits per heavy atom. The molecular formula is C15H13N5O3S. The van der Waals surface area contributed by atoms with E-state index in [0.29, 0.717) is 27.7 Å². The number of thiazole rings is 1. The highest BCUT2D eigenvalue weighted by atomic mass is 32.1. The Morgan fingerprint density at radius 3 is 2.54 bits per heavy atom. The summed E-state index contributed by atoms with van der Waals surface area (Å²) in [6.45, 7) is 4.59. The van der Waals surface area contributed by atoms with Crippen LogP contribution in [0.25, 0.3) is 5.65 Å². The fourth-order valence-electron chi connectivity index (χ4n) is 2.16. The van der Waals surface area contributed by atoms with E-state index in [9.17, 15) is 14.4 Å². The second-order valence-electron chi connectivity index (χ2n) is 5.16. The fraction of sp³-hybridized carbons (Fsp3) is 0.200. The van der Waals surface area contributed by atoms with E-state index in [0.717, 1.165) is 11.3 Å². The summed E-state index contributed by atoms with van der Waals surface area (Å²) in [5.41, 5.74) is 1.97. The molecule has 0 saturated carbocycles. The SMILES string of the molecule is CC(=O)c1csc(NC(=O)c2cc3ncc(C(C)=O)c(C)n3n2)n1. The standard InChI is InChI=1S/C15H13N5O3S/c1-7-10(8(2)21)5-16-13-4-11(19-20(7)13)14(23)18-15-17-12(6-24-15)9(3)22/h4-6H,1-3H3,(H,17,18,23). The molecule has 0 bridgehead atoms. The van der Waals surface area contributed by atoms with Gasteiger partial charge in [-0.3, -0.25) is 19.7 Å². The van der Waals surface area contributed by atoms with Crippen molar-refractivity contribution in [3.63, 3.8) is 0 Å². The number of carbonyl (C=O) groups is 3. The number of aryl methyl sites for hydroxylation is 1. The number of hydrogen-bond acceptors (Lipinski definition) is 7. The molecule has 1 amide bonds. The zero-order chi connectivity index (χ0) is 17.4. The Kier molecular flexibility index (Phi) is 3.94. The topological polar surface area (TPSA) is 106 Å². The van der Waals surface area contributed by atoms with Crippen molar-refractivity contribution in [2.45, 2.75) is 20.8 Å². The highest BCUT2D eigenvalue weighted by Gasteiger charge is 2.17. The van der Waals surface area contributed by atoms with Crippen molar-refractivity contribution in [2.75, 3.05) is 5.32 Å². The van der Waals surface area contributed by atoms with Gasteiger partial charge in [-0.15, -0.1) is 11.3 Å². The van der Waals surface area contributed by atoms with Crippen LogP contribution in [0.2, 0.25) is 0 Å². The molecule has 0 radical (unpaired) electrons. The largest absolute Gasteiger partial charge is 0.296 e. The Labute approximate surface area is 140 Å². The van der Waals surface area contributed by atoms with Gasteiger partial charge in [0.25, 0.3) is 5.91 Å². The van der Waals surface area contributed by atoms with Crippen LogP contribution in [0.1, 0.15) is 50.9 Å². The van der Waals surface area contributed by atoms with E-state index >= 15 is 0 Å². The lowest BCUT2D eigenvalue weighted by atomic mass is 10.2. The van der Waals surface area contributed by atoms with Crippen molar-refractivity contribution < 1.29 is 14.4 Å². The lowest BCUT2D eigenvalue weighted by Crippen LogP contribution is -2.13. The first-order valence-electron chi connectivity index (χ1n) is 7.01. The molecule has 0 unspecified atom stereocenters. The normalized spacial score (nSPS) is 10.8. The minimum atomic E-state index is -0.464. The number of carbonyl (C=O) groups excluding carboxylic acids is 3. The molecule has 24 heavy (non-hydrogen) atoms. The average Bonchev–Trinajstić information content (AvgIpc) is 3.14. The van der Waals surface area contributed by atoms with Crippen LogP contribution in [0.4, 0.5) is 5.13 Å². The Morgan fingerprint density at radius 1 is 1.17 bits per heavy atom. The predicted octanol–water partition coefficient (Wildman–Crippen LogP) is 2.15. The maximum Gasteiger partial charge on any atom is 0.278 e. The molecule has 0 aliphatic carbocycles. The first-order chi connectivity index (χ1) is 11.4. The third kappa shape index (κ3) is 2.81. The first-order valence-corrected chi connectivity index (χ1v) is 7.89. The van der Waals surface area contributed by atoms with Crippen molar-refractivity contribution in [3.8, 4) is 0 Å². The molecule has 8 nitrogen and oxygen atoms in total. The molecule has 0 spiro atoms. The van der Waals surface area contributed by atoms with Gasteiger partial charge >= 0.3 is 0 Å². The number of nitrogens with zero attached hydrogens (tertiary/aromatic N) is 4. The lowest BCUT2D eigenvalue weighted by molar-refractivity contribution is 0.100. The summed E-state index contributed by atoms with van der Waals surface area (Å²) in [5, 5.41) is 8.68. The zero-order valence-electron chi connectivity index (χ0n) is 13.2. The molecule has 0 aliphatic heterocycles. The summed E-state index contributed by atoms with van der Waals surface area (Å²) in [7, 11) is 0. The molecule has 3 rings (SSSR count). The molecule has 3 heterocycles. The number of amides is 1. The van der Waals surface area contributed by atoms with Crippen LogP contribution in [0, 0.1) is 6.92 Å². The van der Waals surface area contributed by atoms with Gasteiger partial charge in [-0.1, -0.05) is 0 Å². The second-order valence-corrected chi connectivity index (χ2v) is 6.02. The van der Waals surface area contributed by atoms with Gasteiger partial charge in [0.15, 0.2) is 28.0 Å². The maximum absolute atomic E-state index is 12.3. The minimum Gasteiger partial charge on any atom is -0.296 e. The van der Waals surface area contributed by atoms with Crippen molar-refractivity contribution in [1.29, 1.82) is 0 Å². The fourth-order valence-corrected chi connectivity index (χ4v) is 2.90. The van der Waals surface area contributed by atoms with Gasteiger partial charge in [0.1, 0.15) is 5.69 Å². The van der Waals surface area contributed by atoms with Crippen molar-refractivity contribution >= 4 is 39.6 Å². The molecule has 3 aromatic heterocycles. The molecule has 1 N–H and O–H groups in total. The van der Waals surface area contributed by atoms with Crippen LogP contribution in [-0.2, 0) is 0 Å². The Bertz CT molecular complexity index is 988. The number of anilines is 1. The predicted molar refractivity (Wildman–Crippen MR) is 87.8 cm³/mol. The van der Waals surface area contributed by atoms with E-state index in [2.05, 4.69) is 20.4 Å². The summed E-state index contributed by atoms with van der Waals surface area (Å²) >= 11 is 1.16. The third-order valence-corrected chi connectivity index (χ3v) is 4.18. The maximum atomic E-state index is 12.3. The highest BCUT2D eigenvalue weighted by Crippen LogP contribution is 2.17. The monoisotopic (exact) mass is 343 g/mol. The van der Waals surface area contributed by atoms with E-state index in [-0.39, 0.29) is 17.3 Å². The molecule has 0 aromatic carbocycles. The number of fused-ring (bicyclic) bond motifs is 1. The van der Waals surface area contributed by atoms with Gasteiger partial charge in [0, 0.05) is 24.6 Å². The molecular weight excluding hydrogens is 330 g/mol. The quantitative estimate of drug-likeness (QED) is 0.728. The van der Waals surface area contributed by atoms with Gasteiger partial charge in [-0.05, 0) is 13.8 Å². The van der Waals surface area contributed by atoms with Gasteiger partial charge < -0.3 is 0 Å². The number of hydrogen-bond donors (Lipinski definition) is 1. The number of aromatic nitrogens is 4. The van der Waals surface area contributed by atoms with Crippen LogP contribution >= 0.6 is 11.3 Å². The minimum absolute atomic E-state index is 0.122. The van der Waals surface area contributed by atoms with Crippen molar-refractivity contribution in [3.05, 3.63) is 40.3 Å². The van der Waals surface area contributed by atoms with E-state index in [1.165, 1.54) is 30.6 Å². The van der Waals surface area contributed by atoms with Gasteiger partial charge in [-0.25, -0.2) is 14.5 Å². The molecule has 9 heteroatoms. The molecule has 3 aromatic rings. The number of Topliss-reactive ketones (excluding diaryl/α,β-unsaturated/α-hetero) is 2. The van der Waals surface area contributed by atoms with Crippen LogP contribution in [-0.4, -0.2) is 37.1 Å².